The highest BCUT2D eigenvalue weighted by atomic mass is 15.2. The lowest BCUT2D eigenvalue weighted by Crippen LogP contribution is -2.12. The van der Waals surface area contributed by atoms with Gasteiger partial charge in [-0.15, -0.1) is 0 Å². The van der Waals surface area contributed by atoms with Gasteiger partial charge in [-0.1, -0.05) is 340 Å². The van der Waals surface area contributed by atoms with Gasteiger partial charge in [0.1, 0.15) is 0 Å². The average molecular weight is 1480 g/mol. The predicted molar refractivity (Wildman–Crippen MR) is 494 cm³/mol. The zero-order valence-electron chi connectivity index (χ0n) is 64.0. The molecule has 0 spiro atoms. The summed E-state index contributed by atoms with van der Waals surface area (Å²) >= 11 is 0. The van der Waals surface area contributed by atoms with Crippen molar-refractivity contribution in [2.24, 2.45) is 0 Å². The fourth-order valence-corrected chi connectivity index (χ4v) is 16.8. The Morgan fingerprint density at radius 1 is 0.0948 bits per heavy atom. The van der Waals surface area contributed by atoms with Crippen LogP contribution in [0.25, 0.3) is 110 Å². The maximum atomic E-state index is 2.37. The molecule has 116 heavy (non-hydrogen) atoms. The van der Waals surface area contributed by atoms with Gasteiger partial charge in [-0.3, -0.25) is 0 Å². The van der Waals surface area contributed by atoms with Gasteiger partial charge >= 0.3 is 0 Å². The van der Waals surface area contributed by atoms with Crippen LogP contribution < -0.4 is 19.6 Å². The Morgan fingerprint density at radius 2 is 0.241 bits per heavy atom. The van der Waals surface area contributed by atoms with E-state index in [1.54, 1.807) is 0 Å². The number of fused-ring (bicyclic) bond motifs is 4. The van der Waals surface area contributed by atoms with E-state index < -0.39 is 0 Å². The summed E-state index contributed by atoms with van der Waals surface area (Å²) in [6.07, 6.45) is 0. The Hall–Kier alpha value is -15.4. The second kappa shape index (κ2) is 32.5. The molecule has 4 heteroatoms. The fraction of sp³-hybridized carbons (Fsp3) is 0. The molecule has 0 heterocycles. The van der Waals surface area contributed by atoms with E-state index in [0.29, 0.717) is 0 Å². The first-order valence-electron chi connectivity index (χ1n) is 39.7. The van der Waals surface area contributed by atoms with Crippen LogP contribution in [-0.4, -0.2) is 0 Å². The van der Waals surface area contributed by atoms with Gasteiger partial charge in [-0.25, -0.2) is 0 Å². The molecule has 20 rings (SSSR count). The second-order valence-corrected chi connectivity index (χ2v) is 29.1. The van der Waals surface area contributed by atoms with Gasteiger partial charge < -0.3 is 19.6 Å². The molecule has 4 nitrogen and oxygen atoms in total. The molecular formula is C112H80N4. The van der Waals surface area contributed by atoms with Crippen molar-refractivity contribution in [3.63, 3.8) is 0 Å². The van der Waals surface area contributed by atoms with Gasteiger partial charge in [0.2, 0.25) is 0 Å². The van der Waals surface area contributed by atoms with E-state index in [2.05, 4.69) is 505 Å². The van der Waals surface area contributed by atoms with Crippen LogP contribution in [0.3, 0.4) is 0 Å². The predicted octanol–water partition coefficient (Wildman–Crippen LogP) is 31.9. The highest BCUT2D eigenvalue weighted by molar-refractivity contribution is 6.23. The third-order valence-electron chi connectivity index (χ3n) is 22.1. The zero-order valence-corrected chi connectivity index (χ0v) is 64.0. The first-order chi connectivity index (χ1) is 57.6. The summed E-state index contributed by atoms with van der Waals surface area (Å²) < 4.78 is 0. The Labute approximate surface area is 678 Å². The van der Waals surface area contributed by atoms with Crippen molar-refractivity contribution in [3.8, 4) is 66.8 Å². The van der Waals surface area contributed by atoms with Crippen molar-refractivity contribution >= 4 is 111 Å². The molecule has 0 aliphatic carbocycles. The number of para-hydroxylation sites is 4. The van der Waals surface area contributed by atoms with E-state index in [-0.39, 0.29) is 0 Å². The summed E-state index contributed by atoms with van der Waals surface area (Å²) in [6, 6.07) is 174. The summed E-state index contributed by atoms with van der Waals surface area (Å²) in [7, 11) is 0. The van der Waals surface area contributed by atoms with Gasteiger partial charge in [-0.05, 0) is 255 Å². The van der Waals surface area contributed by atoms with Gasteiger partial charge in [0.25, 0.3) is 0 Å². The van der Waals surface area contributed by atoms with E-state index in [0.717, 1.165) is 68.2 Å². The average Bonchev–Trinajstić information content (AvgIpc) is 0.739. The SMILES string of the molecule is c1ccc(-c2ccc(N(c3ccc(-c4c5ccccc5c(-c5ccccc5)c5ccccc45)cc3)c3ccc(N(c4ccccc4)c4ccccc4)cc3)cc2)cc1.c1ccc(-c2cccc(N(c3ccc(-c4c5ccccc5c(-c5ccccc5)c5ccccc45)cc3)c3ccc(N(c4ccccc4)c4ccccc4)cc3)c2)cc1. The molecule has 0 bridgehead atoms. The maximum Gasteiger partial charge on any atom is 0.0467 e. The Kier molecular flexibility index (Phi) is 19.9. The third-order valence-corrected chi connectivity index (χ3v) is 22.1. The van der Waals surface area contributed by atoms with Crippen LogP contribution >= 0.6 is 0 Å². The first kappa shape index (κ1) is 71.0. The normalized spacial score (nSPS) is 11.1. The van der Waals surface area contributed by atoms with Crippen molar-refractivity contribution in [1.82, 2.24) is 0 Å². The van der Waals surface area contributed by atoms with Crippen LogP contribution in [0.15, 0.2) is 485 Å². The van der Waals surface area contributed by atoms with Gasteiger partial charge in [-0.2, -0.15) is 0 Å². The molecule has 0 aliphatic rings. The molecule has 0 amide bonds. The van der Waals surface area contributed by atoms with Crippen LogP contribution in [-0.2, 0) is 0 Å². The largest absolute Gasteiger partial charge is 0.311 e. The summed E-state index contributed by atoms with van der Waals surface area (Å²) in [4.78, 5) is 9.32. The summed E-state index contributed by atoms with van der Waals surface area (Å²) in [5, 5.41) is 10.0. The van der Waals surface area contributed by atoms with Crippen molar-refractivity contribution in [3.05, 3.63) is 485 Å². The van der Waals surface area contributed by atoms with Crippen molar-refractivity contribution in [2.45, 2.75) is 0 Å². The maximum absolute atomic E-state index is 2.37. The number of hydrogen-bond donors (Lipinski definition) is 0. The van der Waals surface area contributed by atoms with Crippen LogP contribution in [0.4, 0.5) is 68.2 Å². The molecule has 0 N–H and O–H groups in total. The van der Waals surface area contributed by atoms with Crippen LogP contribution in [0.1, 0.15) is 0 Å². The molecule has 0 aromatic heterocycles. The van der Waals surface area contributed by atoms with Crippen LogP contribution in [0.2, 0.25) is 0 Å². The number of benzene rings is 20. The first-order valence-corrected chi connectivity index (χ1v) is 39.7. The molecule has 0 aliphatic heterocycles. The third kappa shape index (κ3) is 14.3. The highest BCUT2D eigenvalue weighted by Crippen LogP contribution is 2.49. The fourth-order valence-electron chi connectivity index (χ4n) is 16.8. The van der Waals surface area contributed by atoms with E-state index in [1.807, 2.05) is 0 Å². The quantitative estimate of drug-likeness (QED) is 0.0794. The Bertz CT molecular complexity index is 6540. The lowest BCUT2D eigenvalue weighted by Gasteiger charge is -2.28. The van der Waals surface area contributed by atoms with E-state index in [9.17, 15) is 0 Å². The topological polar surface area (TPSA) is 13.0 Å². The van der Waals surface area contributed by atoms with E-state index in [1.165, 1.54) is 110 Å². The Morgan fingerprint density at radius 3 is 0.491 bits per heavy atom. The standard InChI is InChI=1S/2C56H40N2/c1-5-18-41(19-6-1)44-22-17-27-50(40-44)58(49-38-36-48(37-39-49)57(45-23-9-3-10-24-45)46-25-11-4-12-26-46)47-34-32-43(33-35-47)56-53-30-15-13-28-51(53)55(42-20-7-2-8-21-42)52-29-14-16-31-54(52)56;1-5-17-41(18-6-1)42-29-33-47(34-30-42)58(50-39-37-49(38-40-50)57(45-21-9-3-10-22-45)46-23-11-4-12-24-46)48-35-31-44(32-36-48)56-53-27-15-13-25-51(53)55(43-19-7-2-8-20-43)52-26-14-16-28-54(52)56/h2*1-40H. The molecule has 0 radical (unpaired) electrons. The molecule has 548 valence electrons. The lowest BCUT2D eigenvalue weighted by atomic mass is 9.86. The molecule has 20 aromatic rings. The van der Waals surface area contributed by atoms with Crippen molar-refractivity contribution < 1.29 is 0 Å². The Balaban J connectivity index is 0.000000155. The minimum atomic E-state index is 1.07. The molecule has 20 aromatic carbocycles. The lowest BCUT2D eigenvalue weighted by molar-refractivity contribution is 1.26. The minimum absolute atomic E-state index is 1.07. The molecule has 0 unspecified atom stereocenters. The molecular weight excluding hydrogens is 1400 g/mol. The summed E-state index contributed by atoms with van der Waals surface area (Å²) in [6.45, 7) is 0. The van der Waals surface area contributed by atoms with Crippen LogP contribution in [0.5, 0.6) is 0 Å². The minimum Gasteiger partial charge on any atom is -0.311 e. The number of hydrogen-bond acceptors (Lipinski definition) is 4. The van der Waals surface area contributed by atoms with Crippen LogP contribution in [0, 0.1) is 0 Å². The van der Waals surface area contributed by atoms with Gasteiger partial charge in [0, 0.05) is 68.2 Å². The highest BCUT2D eigenvalue weighted by Gasteiger charge is 2.23. The number of rotatable bonds is 18. The van der Waals surface area contributed by atoms with E-state index in [4.69, 9.17) is 0 Å². The molecule has 0 saturated carbocycles. The monoisotopic (exact) mass is 1480 g/mol. The number of anilines is 12. The van der Waals surface area contributed by atoms with Gasteiger partial charge in [0.15, 0.2) is 0 Å². The van der Waals surface area contributed by atoms with Crippen molar-refractivity contribution in [2.75, 3.05) is 19.6 Å². The second-order valence-electron chi connectivity index (χ2n) is 29.1. The zero-order chi connectivity index (χ0) is 77.4. The smallest absolute Gasteiger partial charge is 0.0467 e. The molecule has 0 atom stereocenters. The molecule has 0 saturated heterocycles. The summed E-state index contributed by atoms with van der Waals surface area (Å²) in [5.74, 6) is 0. The van der Waals surface area contributed by atoms with Gasteiger partial charge in [0.05, 0.1) is 0 Å². The molecule has 0 fully saturated rings. The number of nitrogens with zero attached hydrogens (tertiary/aromatic N) is 4. The van der Waals surface area contributed by atoms with Crippen molar-refractivity contribution in [1.29, 1.82) is 0 Å². The van der Waals surface area contributed by atoms with E-state index >= 15 is 0 Å². The summed E-state index contributed by atoms with van der Waals surface area (Å²) in [5.41, 5.74) is 27.8.